The molecule has 0 fully saturated rings. The Morgan fingerprint density at radius 3 is 2.33 bits per heavy atom. The van der Waals surface area contributed by atoms with E-state index in [2.05, 4.69) is 8.92 Å². The fourth-order valence-electron chi connectivity index (χ4n) is 0.358. The monoisotopic (exact) mass is 154 g/mol. The molecule has 0 aliphatic heterocycles. The molecule has 0 N–H and O–H groups in total. The maximum atomic E-state index is 10.5. The highest BCUT2D eigenvalue weighted by molar-refractivity contribution is 7.86. The van der Waals surface area contributed by atoms with Crippen LogP contribution in [0, 0.1) is 0 Å². The average molecular weight is 154 g/mol. The lowest BCUT2D eigenvalue weighted by molar-refractivity contribution is 0.226. The van der Waals surface area contributed by atoms with Crippen LogP contribution in [0.15, 0.2) is 0 Å². The van der Waals surface area contributed by atoms with Gasteiger partial charge in [0.2, 0.25) is 0 Å². The first kappa shape index (κ1) is 8.87. The molecule has 0 aromatic heterocycles. The summed E-state index contributed by atoms with van der Waals surface area (Å²) in [6.45, 7) is 1.76. The topological polar surface area (TPSA) is 52.6 Å². The van der Waals surface area contributed by atoms with Gasteiger partial charge in [0.25, 0.3) is 10.1 Å². The molecule has 0 saturated heterocycles. The summed E-state index contributed by atoms with van der Waals surface area (Å²) in [6, 6.07) is 0. The highest BCUT2D eigenvalue weighted by Crippen LogP contribution is 1.90. The number of hydrogen-bond acceptors (Lipinski definition) is 4. The minimum atomic E-state index is -3.40. The van der Waals surface area contributed by atoms with Crippen molar-refractivity contribution in [2.45, 2.75) is 6.92 Å². The minimum absolute atomic E-state index is 0.158. The molecule has 9 heavy (non-hydrogen) atoms. The second-order valence-electron chi connectivity index (χ2n) is 1.37. The van der Waals surface area contributed by atoms with Gasteiger partial charge < -0.3 is 4.74 Å². The minimum Gasteiger partial charge on any atom is -0.366 e. The number of rotatable bonds is 4. The Labute approximate surface area is 54.9 Å². The SMILES string of the molecule is CCOS(=O)(=O)COC. The van der Waals surface area contributed by atoms with E-state index in [4.69, 9.17) is 0 Å². The predicted octanol–water partition coefficient (Wildman–Crippen LogP) is -0.0434. The molecule has 0 bridgehead atoms. The molecule has 56 valence electrons. The van der Waals surface area contributed by atoms with E-state index >= 15 is 0 Å². The van der Waals surface area contributed by atoms with Gasteiger partial charge in [-0.1, -0.05) is 0 Å². The Bertz CT molecular complexity index is 136. The van der Waals surface area contributed by atoms with Gasteiger partial charge in [0.1, 0.15) is 0 Å². The van der Waals surface area contributed by atoms with Crippen LogP contribution in [0.4, 0.5) is 0 Å². The van der Waals surface area contributed by atoms with Crippen LogP contribution in [-0.4, -0.2) is 28.1 Å². The Kier molecular flexibility index (Phi) is 3.76. The summed E-state index contributed by atoms with van der Waals surface area (Å²) in [5.74, 6) is -0.374. The van der Waals surface area contributed by atoms with Crippen LogP contribution in [-0.2, 0) is 19.0 Å². The Morgan fingerprint density at radius 1 is 1.44 bits per heavy atom. The molecule has 4 nitrogen and oxygen atoms in total. The zero-order valence-electron chi connectivity index (χ0n) is 5.46. The van der Waals surface area contributed by atoms with Crippen molar-refractivity contribution in [3.05, 3.63) is 0 Å². The van der Waals surface area contributed by atoms with E-state index in [9.17, 15) is 8.42 Å². The zero-order chi connectivity index (χ0) is 7.33. The van der Waals surface area contributed by atoms with Gasteiger partial charge in [0, 0.05) is 7.11 Å². The lowest BCUT2D eigenvalue weighted by atomic mass is 10.9. The van der Waals surface area contributed by atoms with Crippen molar-refractivity contribution in [1.82, 2.24) is 0 Å². The van der Waals surface area contributed by atoms with E-state index in [1.807, 2.05) is 0 Å². The number of methoxy groups -OCH3 is 1. The molecule has 0 aliphatic rings. The van der Waals surface area contributed by atoms with E-state index in [0.29, 0.717) is 0 Å². The van der Waals surface area contributed by atoms with Gasteiger partial charge >= 0.3 is 0 Å². The van der Waals surface area contributed by atoms with Crippen LogP contribution in [0.5, 0.6) is 0 Å². The standard InChI is InChI=1S/C4H10O4S/c1-3-8-9(5,6)4-7-2/h3-4H2,1-2H3. The number of ether oxygens (including phenoxy) is 1. The van der Waals surface area contributed by atoms with Gasteiger partial charge in [-0.3, -0.25) is 4.18 Å². The van der Waals surface area contributed by atoms with Crippen molar-refractivity contribution in [2.24, 2.45) is 0 Å². The van der Waals surface area contributed by atoms with E-state index in [-0.39, 0.29) is 12.5 Å². The second-order valence-corrected chi connectivity index (χ2v) is 2.96. The largest absolute Gasteiger partial charge is 0.366 e. The predicted molar refractivity (Wildman–Crippen MR) is 32.4 cm³/mol. The van der Waals surface area contributed by atoms with Crippen molar-refractivity contribution < 1.29 is 17.3 Å². The third kappa shape index (κ3) is 4.38. The van der Waals surface area contributed by atoms with E-state index in [0.717, 1.165) is 0 Å². The molecular formula is C4H10O4S. The quantitative estimate of drug-likeness (QED) is 0.533. The van der Waals surface area contributed by atoms with Gasteiger partial charge in [0.15, 0.2) is 5.94 Å². The smallest absolute Gasteiger partial charge is 0.291 e. The van der Waals surface area contributed by atoms with Crippen molar-refractivity contribution >= 4 is 10.1 Å². The molecule has 5 heteroatoms. The summed E-state index contributed by atoms with van der Waals surface area (Å²) in [6.07, 6.45) is 0. The molecule has 0 atom stereocenters. The van der Waals surface area contributed by atoms with Gasteiger partial charge in [-0.25, -0.2) is 0 Å². The first-order chi connectivity index (χ1) is 4.12. The van der Waals surface area contributed by atoms with Crippen molar-refractivity contribution in [3.8, 4) is 0 Å². The molecule has 0 unspecified atom stereocenters. The van der Waals surface area contributed by atoms with Crippen LogP contribution in [0.3, 0.4) is 0 Å². The summed E-state index contributed by atoms with van der Waals surface area (Å²) >= 11 is 0. The van der Waals surface area contributed by atoms with Crippen LogP contribution in [0.1, 0.15) is 6.92 Å². The van der Waals surface area contributed by atoms with Gasteiger partial charge in [-0.2, -0.15) is 8.42 Å². The Morgan fingerprint density at radius 2 is 2.00 bits per heavy atom. The molecule has 0 amide bonds. The molecule has 0 spiro atoms. The van der Waals surface area contributed by atoms with E-state index in [1.165, 1.54) is 7.11 Å². The van der Waals surface area contributed by atoms with Crippen LogP contribution in [0.2, 0.25) is 0 Å². The Hall–Kier alpha value is -0.130. The third-order valence-corrected chi connectivity index (χ3v) is 1.68. The lowest BCUT2D eigenvalue weighted by Crippen LogP contribution is -2.11. The van der Waals surface area contributed by atoms with Gasteiger partial charge in [0.05, 0.1) is 6.61 Å². The summed E-state index contributed by atoms with van der Waals surface area (Å²) in [7, 11) is -2.10. The molecule has 0 radical (unpaired) electrons. The number of hydrogen-bond donors (Lipinski definition) is 0. The molecule has 0 saturated carbocycles. The van der Waals surface area contributed by atoms with Gasteiger partial charge in [-0.15, -0.1) is 0 Å². The summed E-state index contributed by atoms with van der Waals surface area (Å²) in [5, 5.41) is 0. The van der Waals surface area contributed by atoms with Crippen molar-refractivity contribution in [2.75, 3.05) is 19.7 Å². The summed E-state index contributed by atoms with van der Waals surface area (Å²) in [4.78, 5) is 0. The lowest BCUT2D eigenvalue weighted by Gasteiger charge is -1.99. The molecule has 0 aliphatic carbocycles. The van der Waals surface area contributed by atoms with Crippen molar-refractivity contribution in [3.63, 3.8) is 0 Å². The normalized spacial score (nSPS) is 11.8. The van der Waals surface area contributed by atoms with E-state index in [1.54, 1.807) is 6.92 Å². The molecule has 0 rings (SSSR count). The van der Waals surface area contributed by atoms with Crippen LogP contribution in [0.25, 0.3) is 0 Å². The van der Waals surface area contributed by atoms with Gasteiger partial charge in [-0.05, 0) is 6.92 Å². The first-order valence-corrected chi connectivity index (χ1v) is 4.06. The highest BCUT2D eigenvalue weighted by atomic mass is 32.2. The first-order valence-electron chi connectivity index (χ1n) is 2.48. The average Bonchev–Trinajstić information content (AvgIpc) is 1.64. The summed E-state index contributed by atoms with van der Waals surface area (Å²) < 4.78 is 29.6. The summed E-state index contributed by atoms with van der Waals surface area (Å²) in [5.41, 5.74) is 0. The zero-order valence-corrected chi connectivity index (χ0v) is 6.27. The maximum Gasteiger partial charge on any atom is 0.291 e. The van der Waals surface area contributed by atoms with Crippen LogP contribution < -0.4 is 0 Å². The fourth-order valence-corrected chi connectivity index (χ4v) is 1.07. The molecule has 0 heterocycles. The fraction of sp³-hybridized carbons (Fsp3) is 1.00. The highest BCUT2D eigenvalue weighted by Gasteiger charge is 2.06. The molecular weight excluding hydrogens is 144 g/mol. The van der Waals surface area contributed by atoms with Crippen molar-refractivity contribution in [1.29, 1.82) is 0 Å². The Balaban J connectivity index is 3.73. The van der Waals surface area contributed by atoms with E-state index < -0.39 is 10.1 Å². The van der Waals surface area contributed by atoms with Crippen LogP contribution >= 0.6 is 0 Å². The second kappa shape index (κ2) is 3.81. The molecule has 0 aromatic rings. The third-order valence-electron chi connectivity index (χ3n) is 0.560. The maximum absolute atomic E-state index is 10.5. The molecule has 0 aromatic carbocycles.